The van der Waals surface area contributed by atoms with E-state index in [2.05, 4.69) is 63.1 Å². The lowest BCUT2D eigenvalue weighted by Crippen LogP contribution is -2.48. The Balaban J connectivity index is 1.69. The number of nitrogens with one attached hydrogen (secondary N) is 3. The maximum Gasteiger partial charge on any atom is 0.239 e. The lowest BCUT2D eigenvalue weighted by atomic mass is 9.99. The molecule has 3 aliphatic rings. The summed E-state index contributed by atoms with van der Waals surface area (Å²) in [4.78, 5) is 18.5. The minimum Gasteiger partial charge on any atom is -0.386 e. The molecule has 1 fully saturated rings. The predicted octanol–water partition coefficient (Wildman–Crippen LogP) is 2.14. The SMILES string of the molecule is C\C=C/N=C1\C=C(CNC2=CNCC=C2N2CCNC(=O)C2)C=C\C1=C/CC. The lowest BCUT2D eigenvalue weighted by Gasteiger charge is -2.33. The van der Waals surface area contributed by atoms with E-state index in [1.54, 1.807) is 0 Å². The highest BCUT2D eigenvalue weighted by Gasteiger charge is 2.22. The van der Waals surface area contributed by atoms with Crippen molar-refractivity contribution in [1.29, 1.82) is 0 Å². The van der Waals surface area contributed by atoms with Crippen molar-refractivity contribution in [1.82, 2.24) is 20.9 Å². The summed E-state index contributed by atoms with van der Waals surface area (Å²) < 4.78 is 0. The van der Waals surface area contributed by atoms with Crippen molar-refractivity contribution in [3.05, 3.63) is 71.4 Å². The number of carbonyl (C=O) groups is 1. The van der Waals surface area contributed by atoms with Crippen LogP contribution in [0.2, 0.25) is 0 Å². The third-order valence-corrected chi connectivity index (χ3v) is 4.68. The van der Waals surface area contributed by atoms with Crippen molar-refractivity contribution >= 4 is 11.6 Å². The van der Waals surface area contributed by atoms with Crippen molar-refractivity contribution in [2.45, 2.75) is 20.3 Å². The number of rotatable bonds is 6. The Bertz CT molecular complexity index is 811. The molecule has 6 nitrogen and oxygen atoms in total. The van der Waals surface area contributed by atoms with Crippen LogP contribution < -0.4 is 16.0 Å². The molecule has 0 aromatic heterocycles. The smallest absolute Gasteiger partial charge is 0.239 e. The molecule has 1 aliphatic carbocycles. The van der Waals surface area contributed by atoms with E-state index in [1.807, 2.05) is 25.4 Å². The molecular weight excluding hydrogens is 350 g/mol. The number of hydrogen-bond acceptors (Lipinski definition) is 5. The normalized spacial score (nSPS) is 22.7. The van der Waals surface area contributed by atoms with Crippen LogP contribution in [0.1, 0.15) is 20.3 Å². The Hall–Kier alpha value is -3.02. The molecule has 0 aromatic rings. The molecule has 2 aliphatic heterocycles. The van der Waals surface area contributed by atoms with Crippen molar-refractivity contribution in [3.8, 4) is 0 Å². The Morgan fingerprint density at radius 2 is 2.25 bits per heavy atom. The number of aliphatic imine (C=N–C) groups is 1. The highest BCUT2D eigenvalue weighted by atomic mass is 16.2. The van der Waals surface area contributed by atoms with Crippen LogP contribution in [0.3, 0.4) is 0 Å². The number of hydrogen-bond donors (Lipinski definition) is 3. The molecule has 6 heteroatoms. The highest BCUT2D eigenvalue weighted by molar-refractivity contribution is 6.12. The first kappa shape index (κ1) is 19.7. The van der Waals surface area contributed by atoms with E-state index in [0.29, 0.717) is 19.6 Å². The molecule has 3 N–H and O–H groups in total. The molecule has 1 saturated heterocycles. The molecule has 0 saturated carbocycles. The van der Waals surface area contributed by atoms with Gasteiger partial charge in [0.25, 0.3) is 0 Å². The summed E-state index contributed by atoms with van der Waals surface area (Å²) in [6.45, 7) is 7.47. The van der Waals surface area contributed by atoms with Crippen LogP contribution in [0.15, 0.2) is 76.4 Å². The third kappa shape index (κ3) is 5.03. The molecule has 1 amide bonds. The van der Waals surface area contributed by atoms with E-state index < -0.39 is 0 Å². The van der Waals surface area contributed by atoms with Gasteiger partial charge >= 0.3 is 0 Å². The van der Waals surface area contributed by atoms with Gasteiger partial charge in [0, 0.05) is 38.6 Å². The molecule has 0 spiro atoms. The molecule has 28 heavy (non-hydrogen) atoms. The number of dihydropyridines is 1. The average Bonchev–Trinajstić information content (AvgIpc) is 2.72. The molecule has 0 atom stereocenters. The van der Waals surface area contributed by atoms with Crippen molar-refractivity contribution < 1.29 is 4.79 Å². The third-order valence-electron chi connectivity index (χ3n) is 4.68. The molecule has 0 aromatic carbocycles. The first-order valence-corrected chi connectivity index (χ1v) is 9.89. The zero-order chi connectivity index (χ0) is 19.8. The highest BCUT2D eigenvalue weighted by Crippen LogP contribution is 2.18. The number of nitrogens with zero attached hydrogens (tertiary/aromatic N) is 2. The van der Waals surface area contributed by atoms with Gasteiger partial charge in [-0.15, -0.1) is 0 Å². The average molecular weight is 380 g/mol. The Morgan fingerprint density at radius 1 is 1.36 bits per heavy atom. The molecular formula is C22H29N5O. The Labute approximate surface area is 167 Å². The molecule has 0 radical (unpaired) electrons. The summed E-state index contributed by atoms with van der Waals surface area (Å²) in [6.07, 6.45) is 17.4. The van der Waals surface area contributed by atoms with Gasteiger partial charge in [-0.25, -0.2) is 0 Å². The lowest BCUT2D eigenvalue weighted by molar-refractivity contribution is -0.123. The second-order valence-electron chi connectivity index (χ2n) is 6.80. The van der Waals surface area contributed by atoms with E-state index in [1.165, 1.54) is 5.57 Å². The number of carbonyl (C=O) groups excluding carboxylic acids is 1. The molecule has 3 rings (SSSR count). The standard InChI is InChI=1S/C22H29N5O/c1-3-5-18-7-6-17(13-19(18)24-9-4-2)14-26-20-15-23-10-8-21(20)27-12-11-25-22(28)16-27/h4-9,13,15,23,26H,3,10-12,14,16H2,1-2H3,(H,25,28)/b9-4-,18-5+,24-19+. The quantitative estimate of drug-likeness (QED) is 0.661. The second kappa shape index (κ2) is 9.78. The van der Waals surface area contributed by atoms with Gasteiger partial charge in [-0.2, -0.15) is 0 Å². The molecule has 0 unspecified atom stereocenters. The van der Waals surface area contributed by atoms with Gasteiger partial charge in [-0.1, -0.05) is 31.2 Å². The zero-order valence-electron chi connectivity index (χ0n) is 16.7. The molecule has 0 bridgehead atoms. The van der Waals surface area contributed by atoms with Gasteiger partial charge in [0.2, 0.25) is 5.91 Å². The zero-order valence-corrected chi connectivity index (χ0v) is 16.7. The summed E-state index contributed by atoms with van der Waals surface area (Å²) in [5, 5.41) is 9.66. The van der Waals surface area contributed by atoms with E-state index in [0.717, 1.165) is 42.2 Å². The summed E-state index contributed by atoms with van der Waals surface area (Å²) in [5.41, 5.74) is 5.40. The summed E-state index contributed by atoms with van der Waals surface area (Å²) in [7, 11) is 0. The summed E-state index contributed by atoms with van der Waals surface area (Å²) in [5.74, 6) is 0.0722. The van der Waals surface area contributed by atoms with Crippen LogP contribution in [0.5, 0.6) is 0 Å². The first-order chi connectivity index (χ1) is 13.7. The maximum atomic E-state index is 11.8. The van der Waals surface area contributed by atoms with Gasteiger partial charge in [0.1, 0.15) is 0 Å². The Morgan fingerprint density at radius 3 is 3.04 bits per heavy atom. The fourth-order valence-corrected chi connectivity index (χ4v) is 3.34. The maximum absolute atomic E-state index is 11.8. The van der Waals surface area contributed by atoms with Crippen molar-refractivity contribution in [2.75, 3.05) is 32.7 Å². The van der Waals surface area contributed by atoms with Crippen molar-refractivity contribution in [3.63, 3.8) is 0 Å². The van der Waals surface area contributed by atoms with Crippen LogP contribution in [0, 0.1) is 0 Å². The van der Waals surface area contributed by atoms with E-state index in [-0.39, 0.29) is 5.91 Å². The van der Waals surface area contributed by atoms with Crippen LogP contribution >= 0.6 is 0 Å². The van der Waals surface area contributed by atoms with Crippen LogP contribution in [-0.4, -0.2) is 49.2 Å². The van der Waals surface area contributed by atoms with E-state index in [4.69, 9.17) is 0 Å². The first-order valence-electron chi connectivity index (χ1n) is 9.89. The molecule has 148 valence electrons. The molecule has 2 heterocycles. The second-order valence-corrected chi connectivity index (χ2v) is 6.80. The largest absolute Gasteiger partial charge is 0.386 e. The number of piperazine rings is 1. The van der Waals surface area contributed by atoms with E-state index in [9.17, 15) is 4.79 Å². The van der Waals surface area contributed by atoms with Gasteiger partial charge < -0.3 is 20.9 Å². The monoisotopic (exact) mass is 379 g/mol. The summed E-state index contributed by atoms with van der Waals surface area (Å²) in [6, 6.07) is 0. The number of amides is 1. The van der Waals surface area contributed by atoms with Gasteiger partial charge in [0.05, 0.1) is 23.7 Å². The van der Waals surface area contributed by atoms with Gasteiger partial charge in [0.15, 0.2) is 0 Å². The van der Waals surface area contributed by atoms with Crippen LogP contribution in [0.25, 0.3) is 0 Å². The predicted molar refractivity (Wildman–Crippen MR) is 115 cm³/mol. The Kier molecular flexibility index (Phi) is 6.89. The van der Waals surface area contributed by atoms with Crippen molar-refractivity contribution in [2.24, 2.45) is 4.99 Å². The minimum atomic E-state index is 0.0722. The topological polar surface area (TPSA) is 68.8 Å². The van der Waals surface area contributed by atoms with Gasteiger partial charge in [-0.3, -0.25) is 9.79 Å². The van der Waals surface area contributed by atoms with E-state index >= 15 is 0 Å². The van der Waals surface area contributed by atoms with Gasteiger partial charge in [-0.05, 0) is 36.6 Å². The summed E-state index contributed by atoms with van der Waals surface area (Å²) >= 11 is 0. The van der Waals surface area contributed by atoms with Crippen LogP contribution in [-0.2, 0) is 4.79 Å². The minimum absolute atomic E-state index is 0.0722. The van der Waals surface area contributed by atoms with Crippen LogP contribution in [0.4, 0.5) is 0 Å². The fourth-order valence-electron chi connectivity index (χ4n) is 3.34. The number of allylic oxidation sites excluding steroid dienone is 5. The fraction of sp³-hybridized carbons (Fsp3) is 0.364.